The second-order valence-corrected chi connectivity index (χ2v) is 3.99. The molecule has 0 bridgehead atoms. The zero-order valence-corrected chi connectivity index (χ0v) is 8.15. The van der Waals surface area contributed by atoms with Gasteiger partial charge in [0.05, 0.1) is 0 Å². The maximum absolute atomic E-state index is 8.79. The molecule has 0 heterocycles. The molecule has 0 saturated carbocycles. The molecule has 0 saturated heterocycles. The highest BCUT2D eigenvalue weighted by Crippen LogP contribution is 2.21. The van der Waals surface area contributed by atoms with Crippen LogP contribution in [0.25, 0.3) is 0 Å². The Balaban J connectivity index is 3.88. The fourth-order valence-electron chi connectivity index (χ4n) is 1.22. The van der Waals surface area contributed by atoms with Crippen molar-refractivity contribution in [2.24, 2.45) is 5.41 Å². The third-order valence-corrected chi connectivity index (χ3v) is 1.91. The van der Waals surface area contributed by atoms with Gasteiger partial charge in [0, 0.05) is 12.6 Å². The van der Waals surface area contributed by atoms with Crippen LogP contribution >= 0.6 is 0 Å². The Labute approximate surface area is 70.0 Å². The molecule has 2 N–H and O–H groups in total. The van der Waals surface area contributed by atoms with Gasteiger partial charge in [0.2, 0.25) is 0 Å². The molecule has 2 nitrogen and oxygen atoms in total. The molecule has 2 heteroatoms. The first kappa shape index (κ1) is 10.9. The van der Waals surface area contributed by atoms with Gasteiger partial charge in [-0.3, -0.25) is 0 Å². The standard InChI is InChI=1S/C9H21NO/c1-5-10-8(6-7-11)9(2,3)4/h8,10-11H,5-7H2,1-4H3. The second-order valence-electron chi connectivity index (χ2n) is 3.99. The quantitative estimate of drug-likeness (QED) is 0.649. The highest BCUT2D eigenvalue weighted by molar-refractivity contribution is 4.79. The van der Waals surface area contributed by atoms with E-state index >= 15 is 0 Å². The molecule has 1 atom stereocenters. The first-order valence-electron chi connectivity index (χ1n) is 4.36. The van der Waals surface area contributed by atoms with Gasteiger partial charge in [-0.1, -0.05) is 27.7 Å². The summed E-state index contributed by atoms with van der Waals surface area (Å²) in [5, 5.41) is 12.2. The largest absolute Gasteiger partial charge is 0.396 e. The van der Waals surface area contributed by atoms with Gasteiger partial charge in [-0.15, -0.1) is 0 Å². The van der Waals surface area contributed by atoms with E-state index in [9.17, 15) is 0 Å². The summed E-state index contributed by atoms with van der Waals surface area (Å²) in [6.45, 7) is 9.91. The Morgan fingerprint density at radius 2 is 1.91 bits per heavy atom. The summed E-state index contributed by atoms with van der Waals surface area (Å²) >= 11 is 0. The summed E-state index contributed by atoms with van der Waals surface area (Å²) in [6.07, 6.45) is 0.845. The SMILES string of the molecule is CCNC(CCO)C(C)(C)C. The third kappa shape index (κ3) is 4.38. The van der Waals surface area contributed by atoms with Gasteiger partial charge in [-0.2, -0.15) is 0 Å². The van der Waals surface area contributed by atoms with E-state index in [1.165, 1.54) is 0 Å². The molecular weight excluding hydrogens is 138 g/mol. The molecule has 0 aromatic rings. The minimum Gasteiger partial charge on any atom is -0.396 e. The molecule has 0 spiro atoms. The number of aliphatic hydroxyl groups excluding tert-OH is 1. The van der Waals surface area contributed by atoms with Crippen molar-refractivity contribution >= 4 is 0 Å². The first-order chi connectivity index (χ1) is 5.02. The van der Waals surface area contributed by atoms with E-state index in [0.29, 0.717) is 6.04 Å². The summed E-state index contributed by atoms with van der Waals surface area (Å²) in [6, 6.07) is 0.428. The molecule has 11 heavy (non-hydrogen) atoms. The average Bonchev–Trinajstić information content (AvgIpc) is 1.85. The Bertz CT molecular complexity index is 90.2. The van der Waals surface area contributed by atoms with E-state index < -0.39 is 0 Å². The van der Waals surface area contributed by atoms with Gasteiger partial charge < -0.3 is 10.4 Å². The van der Waals surface area contributed by atoms with Crippen molar-refractivity contribution in [3.8, 4) is 0 Å². The zero-order chi connectivity index (χ0) is 8.91. The lowest BCUT2D eigenvalue weighted by Crippen LogP contribution is -2.40. The number of hydrogen-bond acceptors (Lipinski definition) is 2. The van der Waals surface area contributed by atoms with E-state index in [0.717, 1.165) is 13.0 Å². The van der Waals surface area contributed by atoms with Gasteiger partial charge in [0.1, 0.15) is 0 Å². The highest BCUT2D eigenvalue weighted by atomic mass is 16.3. The van der Waals surface area contributed by atoms with Gasteiger partial charge in [0.25, 0.3) is 0 Å². The van der Waals surface area contributed by atoms with Crippen LogP contribution in [0.1, 0.15) is 34.1 Å². The van der Waals surface area contributed by atoms with Crippen molar-refractivity contribution < 1.29 is 5.11 Å². The summed E-state index contributed by atoms with van der Waals surface area (Å²) in [7, 11) is 0. The molecule has 0 aromatic heterocycles. The molecule has 1 unspecified atom stereocenters. The monoisotopic (exact) mass is 159 g/mol. The predicted octanol–water partition coefficient (Wildman–Crippen LogP) is 1.39. The van der Waals surface area contributed by atoms with E-state index in [1.807, 2.05) is 0 Å². The Kier molecular flexibility index (Phi) is 4.69. The van der Waals surface area contributed by atoms with Gasteiger partial charge in [0.15, 0.2) is 0 Å². The molecule has 0 aliphatic rings. The number of nitrogens with one attached hydrogen (secondary N) is 1. The molecule has 0 radical (unpaired) electrons. The topological polar surface area (TPSA) is 32.3 Å². The molecule has 0 aromatic carbocycles. The summed E-state index contributed by atoms with van der Waals surface area (Å²) in [5.41, 5.74) is 0.249. The van der Waals surface area contributed by atoms with E-state index in [1.54, 1.807) is 0 Å². The van der Waals surface area contributed by atoms with Crippen molar-refractivity contribution in [1.29, 1.82) is 0 Å². The van der Waals surface area contributed by atoms with Crippen LogP contribution in [0.4, 0.5) is 0 Å². The fraction of sp³-hybridized carbons (Fsp3) is 1.00. The van der Waals surface area contributed by atoms with E-state index in [2.05, 4.69) is 33.0 Å². The van der Waals surface area contributed by atoms with Crippen LogP contribution in [0.2, 0.25) is 0 Å². The predicted molar refractivity (Wildman–Crippen MR) is 48.6 cm³/mol. The molecule has 68 valence electrons. The van der Waals surface area contributed by atoms with Crippen molar-refractivity contribution in [2.75, 3.05) is 13.2 Å². The van der Waals surface area contributed by atoms with Crippen LogP contribution < -0.4 is 5.32 Å². The number of hydrogen-bond donors (Lipinski definition) is 2. The van der Waals surface area contributed by atoms with Crippen LogP contribution in [-0.4, -0.2) is 24.3 Å². The van der Waals surface area contributed by atoms with Crippen LogP contribution in [0.3, 0.4) is 0 Å². The lowest BCUT2D eigenvalue weighted by atomic mass is 9.85. The number of rotatable bonds is 4. The van der Waals surface area contributed by atoms with Crippen molar-refractivity contribution in [3.05, 3.63) is 0 Å². The normalized spacial score (nSPS) is 15.0. The third-order valence-electron chi connectivity index (χ3n) is 1.91. The lowest BCUT2D eigenvalue weighted by Gasteiger charge is -2.30. The Hall–Kier alpha value is -0.0800. The van der Waals surface area contributed by atoms with Crippen LogP contribution in [0.15, 0.2) is 0 Å². The van der Waals surface area contributed by atoms with Gasteiger partial charge in [-0.05, 0) is 18.4 Å². The van der Waals surface area contributed by atoms with Gasteiger partial charge >= 0.3 is 0 Å². The summed E-state index contributed by atoms with van der Waals surface area (Å²) < 4.78 is 0. The van der Waals surface area contributed by atoms with E-state index in [4.69, 9.17) is 5.11 Å². The molecule has 0 fully saturated rings. The first-order valence-corrected chi connectivity index (χ1v) is 4.36. The van der Waals surface area contributed by atoms with Crippen molar-refractivity contribution in [1.82, 2.24) is 5.32 Å². The van der Waals surface area contributed by atoms with Crippen LogP contribution in [0, 0.1) is 5.41 Å². The molecular formula is C9H21NO. The minimum absolute atomic E-state index is 0.249. The van der Waals surface area contributed by atoms with Crippen molar-refractivity contribution in [2.45, 2.75) is 40.2 Å². The molecule has 0 amide bonds. The van der Waals surface area contributed by atoms with Crippen LogP contribution in [0.5, 0.6) is 0 Å². The molecule has 0 aliphatic carbocycles. The fourth-order valence-corrected chi connectivity index (χ4v) is 1.22. The summed E-state index contributed by atoms with van der Waals surface area (Å²) in [5.74, 6) is 0. The maximum atomic E-state index is 8.79. The smallest absolute Gasteiger partial charge is 0.0446 e. The van der Waals surface area contributed by atoms with Gasteiger partial charge in [-0.25, -0.2) is 0 Å². The summed E-state index contributed by atoms with van der Waals surface area (Å²) in [4.78, 5) is 0. The Morgan fingerprint density at radius 1 is 1.36 bits per heavy atom. The molecule has 0 aliphatic heterocycles. The van der Waals surface area contributed by atoms with Crippen molar-refractivity contribution in [3.63, 3.8) is 0 Å². The Morgan fingerprint density at radius 3 is 2.18 bits per heavy atom. The van der Waals surface area contributed by atoms with E-state index in [-0.39, 0.29) is 12.0 Å². The average molecular weight is 159 g/mol. The molecule has 0 rings (SSSR count). The minimum atomic E-state index is 0.249. The lowest BCUT2D eigenvalue weighted by molar-refractivity contribution is 0.199. The highest BCUT2D eigenvalue weighted by Gasteiger charge is 2.22. The second kappa shape index (κ2) is 4.73. The maximum Gasteiger partial charge on any atom is 0.0446 e. The van der Waals surface area contributed by atoms with Crippen LogP contribution in [-0.2, 0) is 0 Å². The number of aliphatic hydroxyl groups is 1. The zero-order valence-electron chi connectivity index (χ0n) is 8.15.